The van der Waals surface area contributed by atoms with Crippen LogP contribution in [0.4, 0.5) is 5.69 Å². The highest BCUT2D eigenvalue weighted by Gasteiger charge is 2.05. The van der Waals surface area contributed by atoms with Crippen molar-refractivity contribution in [3.8, 4) is 0 Å². The van der Waals surface area contributed by atoms with Crippen LogP contribution in [0.5, 0.6) is 0 Å². The number of benzene rings is 1. The van der Waals surface area contributed by atoms with E-state index in [1.807, 2.05) is 0 Å². The van der Waals surface area contributed by atoms with Gasteiger partial charge in [0.05, 0.1) is 18.5 Å². The van der Waals surface area contributed by atoms with Crippen LogP contribution >= 0.6 is 0 Å². The van der Waals surface area contributed by atoms with E-state index < -0.39 is 4.92 Å². The standard InChI is InChI=1S/C11H14N2O4/c1-17-11(14)5-6-12-8-9-3-2-4-10(7-9)13(15)16/h2-4,7,12H,5-6,8H2,1H3. The highest BCUT2D eigenvalue weighted by Crippen LogP contribution is 2.12. The highest BCUT2D eigenvalue weighted by molar-refractivity contribution is 5.69. The van der Waals surface area contributed by atoms with Gasteiger partial charge in [-0.2, -0.15) is 0 Å². The first-order chi connectivity index (χ1) is 8.13. The third kappa shape index (κ3) is 4.60. The Kier molecular flexibility index (Phi) is 5.09. The van der Waals surface area contributed by atoms with Crippen molar-refractivity contribution in [1.29, 1.82) is 0 Å². The van der Waals surface area contributed by atoms with Gasteiger partial charge < -0.3 is 10.1 Å². The Balaban J connectivity index is 2.39. The molecule has 1 aromatic rings. The molecule has 0 aliphatic rings. The van der Waals surface area contributed by atoms with Crippen LogP contribution in [-0.4, -0.2) is 24.5 Å². The van der Waals surface area contributed by atoms with Crippen LogP contribution < -0.4 is 5.32 Å². The average Bonchev–Trinajstić information content (AvgIpc) is 2.34. The van der Waals surface area contributed by atoms with Crippen LogP contribution in [0.3, 0.4) is 0 Å². The molecule has 17 heavy (non-hydrogen) atoms. The lowest BCUT2D eigenvalue weighted by atomic mass is 10.2. The van der Waals surface area contributed by atoms with Crippen LogP contribution in [0, 0.1) is 10.1 Å². The molecule has 0 aromatic heterocycles. The molecule has 6 nitrogen and oxygen atoms in total. The van der Waals surface area contributed by atoms with Gasteiger partial charge in [-0.15, -0.1) is 0 Å². The molecule has 0 fully saturated rings. The average molecular weight is 238 g/mol. The van der Waals surface area contributed by atoms with Crippen LogP contribution in [0.25, 0.3) is 0 Å². The van der Waals surface area contributed by atoms with Gasteiger partial charge >= 0.3 is 5.97 Å². The lowest BCUT2D eigenvalue weighted by molar-refractivity contribution is -0.384. The molecule has 0 unspecified atom stereocenters. The van der Waals surface area contributed by atoms with Crippen molar-refractivity contribution in [3.05, 3.63) is 39.9 Å². The molecule has 0 aliphatic heterocycles. The molecule has 1 N–H and O–H groups in total. The second kappa shape index (κ2) is 6.59. The smallest absolute Gasteiger partial charge is 0.306 e. The maximum Gasteiger partial charge on any atom is 0.306 e. The molecule has 0 spiro atoms. The number of hydrogen-bond donors (Lipinski definition) is 1. The van der Waals surface area contributed by atoms with Crippen LogP contribution in [0.1, 0.15) is 12.0 Å². The number of nitrogens with one attached hydrogen (secondary N) is 1. The fraction of sp³-hybridized carbons (Fsp3) is 0.364. The van der Waals surface area contributed by atoms with Gasteiger partial charge in [-0.1, -0.05) is 12.1 Å². The van der Waals surface area contributed by atoms with Gasteiger partial charge in [0.15, 0.2) is 0 Å². The predicted octanol–water partition coefficient (Wildman–Crippen LogP) is 1.25. The summed E-state index contributed by atoms with van der Waals surface area (Å²) >= 11 is 0. The van der Waals surface area contributed by atoms with Crippen molar-refractivity contribution in [3.63, 3.8) is 0 Å². The molecule has 1 rings (SSSR count). The van der Waals surface area contributed by atoms with Crippen molar-refractivity contribution >= 4 is 11.7 Å². The SMILES string of the molecule is COC(=O)CCNCc1cccc([N+](=O)[O-])c1. The highest BCUT2D eigenvalue weighted by atomic mass is 16.6. The Morgan fingerprint density at radius 3 is 2.94 bits per heavy atom. The zero-order valence-electron chi connectivity index (χ0n) is 9.51. The second-order valence-corrected chi connectivity index (χ2v) is 3.43. The lowest BCUT2D eigenvalue weighted by Crippen LogP contribution is -2.18. The van der Waals surface area contributed by atoms with E-state index in [4.69, 9.17) is 0 Å². The van der Waals surface area contributed by atoms with Gasteiger partial charge in [-0.3, -0.25) is 14.9 Å². The molecule has 0 aliphatic carbocycles. The van der Waals surface area contributed by atoms with Gasteiger partial charge in [0.25, 0.3) is 5.69 Å². The third-order valence-corrected chi connectivity index (χ3v) is 2.18. The normalized spacial score (nSPS) is 9.94. The summed E-state index contributed by atoms with van der Waals surface area (Å²) in [5, 5.41) is 13.5. The maximum atomic E-state index is 10.8. The van der Waals surface area contributed by atoms with Crippen molar-refractivity contribution < 1.29 is 14.5 Å². The summed E-state index contributed by atoms with van der Waals surface area (Å²) < 4.78 is 4.48. The first kappa shape index (κ1) is 13.1. The third-order valence-electron chi connectivity index (χ3n) is 2.18. The number of carbonyl (C=O) groups is 1. The van der Waals surface area contributed by atoms with Crippen LogP contribution in [-0.2, 0) is 16.1 Å². The van der Waals surface area contributed by atoms with E-state index >= 15 is 0 Å². The number of nitrogens with zero attached hydrogens (tertiary/aromatic N) is 1. The van der Waals surface area contributed by atoms with E-state index in [1.54, 1.807) is 12.1 Å². The summed E-state index contributed by atoms with van der Waals surface area (Å²) in [6.45, 7) is 0.966. The molecule has 0 atom stereocenters. The molecule has 6 heteroatoms. The fourth-order valence-corrected chi connectivity index (χ4v) is 1.31. The second-order valence-electron chi connectivity index (χ2n) is 3.43. The first-order valence-electron chi connectivity index (χ1n) is 5.14. The monoisotopic (exact) mass is 238 g/mol. The van der Waals surface area contributed by atoms with Crippen molar-refractivity contribution in [2.45, 2.75) is 13.0 Å². The number of non-ortho nitro benzene ring substituents is 1. The fourth-order valence-electron chi connectivity index (χ4n) is 1.31. The number of esters is 1. The largest absolute Gasteiger partial charge is 0.469 e. The van der Waals surface area contributed by atoms with Gasteiger partial charge in [0.2, 0.25) is 0 Å². The van der Waals surface area contributed by atoms with Crippen LogP contribution in [0.2, 0.25) is 0 Å². The quantitative estimate of drug-likeness (QED) is 0.349. The van der Waals surface area contributed by atoms with E-state index in [2.05, 4.69) is 10.1 Å². The summed E-state index contributed by atoms with van der Waals surface area (Å²) in [6.07, 6.45) is 0.283. The molecule has 0 heterocycles. The van der Waals surface area contributed by atoms with Gasteiger partial charge in [0, 0.05) is 25.2 Å². The zero-order valence-corrected chi connectivity index (χ0v) is 9.51. The van der Waals surface area contributed by atoms with Crippen LogP contribution in [0.15, 0.2) is 24.3 Å². The number of ether oxygens (including phenoxy) is 1. The minimum absolute atomic E-state index is 0.0669. The molecule has 0 saturated heterocycles. The Hall–Kier alpha value is -1.95. The first-order valence-corrected chi connectivity index (χ1v) is 5.14. The number of methoxy groups -OCH3 is 1. The molecule has 92 valence electrons. The Labute approximate surface area is 98.7 Å². The van der Waals surface area contributed by atoms with Gasteiger partial charge in [-0.25, -0.2) is 0 Å². The Morgan fingerprint density at radius 1 is 1.53 bits per heavy atom. The molecule has 0 amide bonds. The van der Waals surface area contributed by atoms with Crippen molar-refractivity contribution in [1.82, 2.24) is 5.32 Å². The predicted molar refractivity (Wildman–Crippen MR) is 61.4 cm³/mol. The zero-order chi connectivity index (χ0) is 12.7. The maximum absolute atomic E-state index is 10.8. The molecule has 0 saturated carbocycles. The number of carbonyl (C=O) groups excluding carboxylic acids is 1. The summed E-state index contributed by atoms with van der Waals surface area (Å²) in [5.41, 5.74) is 0.876. The summed E-state index contributed by atoms with van der Waals surface area (Å²) in [4.78, 5) is 20.9. The molecule has 0 bridgehead atoms. The minimum Gasteiger partial charge on any atom is -0.469 e. The Morgan fingerprint density at radius 2 is 2.29 bits per heavy atom. The summed E-state index contributed by atoms with van der Waals surface area (Å²) in [5.74, 6) is -0.281. The van der Waals surface area contributed by atoms with Gasteiger partial charge in [-0.05, 0) is 5.56 Å². The summed E-state index contributed by atoms with van der Waals surface area (Å²) in [6, 6.07) is 6.37. The van der Waals surface area contributed by atoms with E-state index in [-0.39, 0.29) is 18.1 Å². The van der Waals surface area contributed by atoms with E-state index in [9.17, 15) is 14.9 Å². The van der Waals surface area contributed by atoms with E-state index in [0.29, 0.717) is 13.1 Å². The number of nitro groups is 1. The molecular weight excluding hydrogens is 224 g/mol. The number of nitro benzene ring substituents is 1. The molecule has 0 radical (unpaired) electrons. The molecular formula is C11H14N2O4. The molecule has 1 aromatic carbocycles. The number of hydrogen-bond acceptors (Lipinski definition) is 5. The number of rotatable bonds is 6. The van der Waals surface area contributed by atoms with Crippen molar-refractivity contribution in [2.75, 3.05) is 13.7 Å². The van der Waals surface area contributed by atoms with Gasteiger partial charge in [0.1, 0.15) is 0 Å². The minimum atomic E-state index is -0.433. The Bertz CT molecular complexity index is 406. The topological polar surface area (TPSA) is 81.5 Å². The summed E-state index contributed by atoms with van der Waals surface area (Å²) in [7, 11) is 1.34. The van der Waals surface area contributed by atoms with E-state index in [1.165, 1.54) is 19.2 Å². The van der Waals surface area contributed by atoms with E-state index in [0.717, 1.165) is 5.56 Å². The van der Waals surface area contributed by atoms with Crippen molar-refractivity contribution in [2.24, 2.45) is 0 Å². The lowest BCUT2D eigenvalue weighted by Gasteiger charge is -2.03.